The summed E-state index contributed by atoms with van der Waals surface area (Å²) in [5.74, 6) is 0.423. The Morgan fingerprint density at radius 1 is 1.21 bits per heavy atom. The molecule has 1 aliphatic rings. The molecule has 1 saturated carbocycles. The van der Waals surface area contributed by atoms with Gasteiger partial charge in [-0.3, -0.25) is 4.79 Å². The van der Waals surface area contributed by atoms with E-state index in [-0.39, 0.29) is 4.75 Å². The normalized spacial score (nSPS) is 23.9. The van der Waals surface area contributed by atoms with E-state index in [2.05, 4.69) is 40.2 Å². The fraction of sp³-hybridized carbons (Fsp3) is 0.438. The molecule has 2 rings (SSSR count). The molecular formula is C16H19BrOS. The average molecular weight is 339 g/mol. The zero-order chi connectivity index (χ0) is 13.6. The highest BCUT2D eigenvalue weighted by atomic mass is 79.9. The van der Waals surface area contributed by atoms with E-state index in [0.717, 1.165) is 37.4 Å². The summed E-state index contributed by atoms with van der Waals surface area (Å²) in [7, 11) is 0. The molecule has 0 aromatic heterocycles. The molecule has 0 radical (unpaired) electrons. The third kappa shape index (κ3) is 3.96. The van der Waals surface area contributed by atoms with Gasteiger partial charge in [-0.05, 0) is 31.4 Å². The predicted molar refractivity (Wildman–Crippen MR) is 86.1 cm³/mol. The molecule has 0 spiro atoms. The number of ketones is 1. The number of carbonyl (C=O) groups is 1. The van der Waals surface area contributed by atoms with Gasteiger partial charge in [-0.2, -0.15) is 0 Å². The second kappa shape index (κ2) is 7.30. The molecule has 1 fully saturated rings. The van der Waals surface area contributed by atoms with Crippen LogP contribution in [0.4, 0.5) is 0 Å². The van der Waals surface area contributed by atoms with Crippen LogP contribution in [0.25, 0.3) is 0 Å². The van der Waals surface area contributed by atoms with Crippen LogP contribution < -0.4 is 0 Å². The van der Waals surface area contributed by atoms with Crippen molar-refractivity contribution in [2.75, 3.05) is 5.33 Å². The summed E-state index contributed by atoms with van der Waals surface area (Å²) in [6.07, 6.45) is 9.03. The van der Waals surface area contributed by atoms with E-state index in [9.17, 15) is 4.79 Å². The van der Waals surface area contributed by atoms with E-state index in [4.69, 9.17) is 0 Å². The monoisotopic (exact) mass is 338 g/mol. The van der Waals surface area contributed by atoms with Gasteiger partial charge in [0.1, 0.15) is 5.78 Å². The number of hydrogen-bond acceptors (Lipinski definition) is 2. The van der Waals surface area contributed by atoms with Gasteiger partial charge < -0.3 is 0 Å². The van der Waals surface area contributed by atoms with E-state index in [1.807, 2.05) is 18.2 Å². The highest BCUT2D eigenvalue weighted by Crippen LogP contribution is 2.44. The van der Waals surface area contributed by atoms with Crippen molar-refractivity contribution in [1.29, 1.82) is 0 Å². The number of alkyl halides is 1. The summed E-state index contributed by atoms with van der Waals surface area (Å²) in [4.78, 5) is 13.6. The Kier molecular flexibility index (Phi) is 5.71. The van der Waals surface area contributed by atoms with Crippen LogP contribution in [0.3, 0.4) is 0 Å². The van der Waals surface area contributed by atoms with Crippen LogP contribution in [-0.2, 0) is 4.79 Å². The largest absolute Gasteiger partial charge is 0.298 e. The van der Waals surface area contributed by atoms with Gasteiger partial charge >= 0.3 is 0 Å². The van der Waals surface area contributed by atoms with E-state index in [1.54, 1.807) is 11.8 Å². The van der Waals surface area contributed by atoms with Crippen LogP contribution >= 0.6 is 27.7 Å². The standard InChI is InChI=1S/C16H19BrOS/c17-13-7-6-12-16(11-5-4-10-15(16)18)19-14-8-2-1-3-9-14/h1-3,6-9H,4-5,10-13H2/b7-6+. The first-order chi connectivity index (χ1) is 9.27. The lowest BCUT2D eigenvalue weighted by atomic mass is 9.84. The fourth-order valence-corrected chi connectivity index (χ4v) is 4.13. The molecule has 0 heterocycles. The third-order valence-electron chi connectivity index (χ3n) is 3.50. The highest BCUT2D eigenvalue weighted by Gasteiger charge is 2.39. The smallest absolute Gasteiger partial charge is 0.149 e. The van der Waals surface area contributed by atoms with Crippen molar-refractivity contribution in [3.05, 3.63) is 42.5 Å². The van der Waals surface area contributed by atoms with E-state index in [0.29, 0.717) is 5.78 Å². The van der Waals surface area contributed by atoms with Crippen LogP contribution in [0.2, 0.25) is 0 Å². The van der Waals surface area contributed by atoms with Crippen molar-refractivity contribution in [3.8, 4) is 0 Å². The van der Waals surface area contributed by atoms with Crippen LogP contribution in [0.5, 0.6) is 0 Å². The minimum Gasteiger partial charge on any atom is -0.298 e. The molecule has 19 heavy (non-hydrogen) atoms. The fourth-order valence-electron chi connectivity index (χ4n) is 2.48. The number of allylic oxidation sites excluding steroid dienone is 2. The van der Waals surface area contributed by atoms with E-state index >= 15 is 0 Å². The molecule has 1 atom stereocenters. The molecule has 0 aliphatic heterocycles. The molecule has 1 aliphatic carbocycles. The first kappa shape index (κ1) is 14.9. The van der Waals surface area contributed by atoms with Gasteiger partial charge in [0.05, 0.1) is 4.75 Å². The Hall–Kier alpha value is -0.540. The Labute approximate surface area is 128 Å². The number of Topliss-reactive ketones (excluding diaryl/α,β-unsaturated/α-hetero) is 1. The molecule has 1 nitrogen and oxygen atoms in total. The van der Waals surface area contributed by atoms with E-state index < -0.39 is 0 Å². The Bertz CT molecular complexity index is 443. The zero-order valence-electron chi connectivity index (χ0n) is 11.0. The van der Waals surface area contributed by atoms with Gasteiger partial charge in [0.2, 0.25) is 0 Å². The maximum Gasteiger partial charge on any atom is 0.149 e. The number of hydrogen-bond donors (Lipinski definition) is 0. The minimum absolute atomic E-state index is 0.238. The van der Waals surface area contributed by atoms with Gasteiger partial charge in [0.15, 0.2) is 0 Å². The Balaban J connectivity index is 2.18. The van der Waals surface area contributed by atoms with Gasteiger partial charge in [0.25, 0.3) is 0 Å². The maximum atomic E-state index is 12.4. The van der Waals surface area contributed by atoms with Crippen molar-refractivity contribution < 1.29 is 4.79 Å². The lowest BCUT2D eigenvalue weighted by Gasteiger charge is -2.34. The van der Waals surface area contributed by atoms with Crippen molar-refractivity contribution in [2.24, 2.45) is 0 Å². The molecule has 1 unspecified atom stereocenters. The van der Waals surface area contributed by atoms with Crippen molar-refractivity contribution >= 4 is 33.5 Å². The lowest BCUT2D eigenvalue weighted by molar-refractivity contribution is -0.122. The summed E-state index contributed by atoms with van der Waals surface area (Å²) in [5, 5.41) is 0.854. The second-order valence-corrected chi connectivity index (χ2v) is 6.97. The summed E-state index contributed by atoms with van der Waals surface area (Å²) in [5.41, 5.74) is 0. The molecular weight excluding hydrogens is 320 g/mol. The number of halogens is 1. The number of benzene rings is 1. The quantitative estimate of drug-likeness (QED) is 0.555. The Morgan fingerprint density at radius 2 is 2.00 bits per heavy atom. The first-order valence-electron chi connectivity index (χ1n) is 6.75. The molecule has 3 heteroatoms. The molecule has 1 aromatic rings. The van der Waals surface area contributed by atoms with Crippen molar-refractivity contribution in [3.63, 3.8) is 0 Å². The summed E-state index contributed by atoms with van der Waals surface area (Å²) < 4.78 is -0.238. The van der Waals surface area contributed by atoms with Gasteiger partial charge in [0, 0.05) is 16.6 Å². The van der Waals surface area contributed by atoms with Crippen LogP contribution in [0.1, 0.15) is 32.1 Å². The summed E-state index contributed by atoms with van der Waals surface area (Å²) in [6.45, 7) is 0. The molecule has 0 bridgehead atoms. The molecule has 102 valence electrons. The number of carbonyl (C=O) groups excluding carboxylic acids is 1. The van der Waals surface area contributed by atoms with Gasteiger partial charge in [-0.1, -0.05) is 52.7 Å². The highest BCUT2D eigenvalue weighted by molar-refractivity contribution is 9.09. The SMILES string of the molecule is O=C1CCCCC1(C/C=C/CBr)Sc1ccccc1. The summed E-state index contributed by atoms with van der Waals surface area (Å²) in [6, 6.07) is 10.3. The van der Waals surface area contributed by atoms with Gasteiger partial charge in [-0.15, -0.1) is 11.8 Å². The van der Waals surface area contributed by atoms with E-state index in [1.165, 1.54) is 4.90 Å². The maximum absolute atomic E-state index is 12.4. The second-order valence-electron chi connectivity index (χ2n) is 4.87. The predicted octanol–water partition coefficient (Wildman–Crippen LogP) is 5.00. The van der Waals surface area contributed by atoms with Crippen LogP contribution in [0, 0.1) is 0 Å². The third-order valence-corrected chi connectivity index (χ3v) is 5.37. The van der Waals surface area contributed by atoms with Crippen LogP contribution in [-0.4, -0.2) is 15.9 Å². The molecule has 1 aromatic carbocycles. The molecule has 0 amide bonds. The summed E-state index contributed by atoms with van der Waals surface area (Å²) >= 11 is 5.15. The first-order valence-corrected chi connectivity index (χ1v) is 8.69. The van der Waals surface area contributed by atoms with Crippen molar-refractivity contribution in [2.45, 2.75) is 41.7 Å². The number of thioether (sulfide) groups is 1. The van der Waals surface area contributed by atoms with Crippen molar-refractivity contribution in [1.82, 2.24) is 0 Å². The number of rotatable bonds is 5. The topological polar surface area (TPSA) is 17.1 Å². The average Bonchev–Trinajstić information content (AvgIpc) is 2.44. The van der Waals surface area contributed by atoms with Crippen LogP contribution in [0.15, 0.2) is 47.4 Å². The lowest BCUT2D eigenvalue weighted by Crippen LogP contribution is -2.37. The molecule has 0 N–H and O–H groups in total. The molecule has 0 saturated heterocycles. The minimum atomic E-state index is -0.238. The zero-order valence-corrected chi connectivity index (χ0v) is 13.4. The van der Waals surface area contributed by atoms with Gasteiger partial charge in [-0.25, -0.2) is 0 Å². The Morgan fingerprint density at radius 3 is 2.68 bits per heavy atom.